The second-order valence-corrected chi connectivity index (χ2v) is 4.46. The smallest absolute Gasteiger partial charge is 0.296 e. The number of fused-ring (bicyclic) bond motifs is 1. The second kappa shape index (κ2) is 3.90. The molecule has 0 radical (unpaired) electrons. The minimum Gasteiger partial charge on any atom is -0.423 e. The number of rotatable bonds is 2. The number of anilines is 2. The van der Waals surface area contributed by atoms with Gasteiger partial charge < -0.3 is 20.4 Å². The van der Waals surface area contributed by atoms with Gasteiger partial charge in [-0.05, 0) is 18.6 Å². The average Bonchev–Trinajstić information content (AvgIpc) is 2.89. The minimum atomic E-state index is -0.260. The van der Waals surface area contributed by atoms with E-state index in [0.29, 0.717) is 22.8 Å². The van der Waals surface area contributed by atoms with Crippen LogP contribution < -0.4 is 11.1 Å². The number of oxazole rings is 1. The van der Waals surface area contributed by atoms with Gasteiger partial charge in [0.25, 0.3) is 6.01 Å². The van der Waals surface area contributed by atoms with Crippen LogP contribution in [0.1, 0.15) is 6.42 Å². The van der Waals surface area contributed by atoms with Crippen molar-refractivity contribution in [3.8, 4) is 0 Å². The highest BCUT2D eigenvalue weighted by Crippen LogP contribution is 2.25. The molecule has 1 unspecified atom stereocenters. The topological polar surface area (TPSA) is 84.4 Å². The Kier molecular flexibility index (Phi) is 2.36. The van der Waals surface area contributed by atoms with Gasteiger partial charge in [0.05, 0.1) is 5.69 Å². The van der Waals surface area contributed by atoms with Crippen molar-refractivity contribution in [2.24, 2.45) is 0 Å². The molecule has 3 N–H and O–H groups in total. The summed E-state index contributed by atoms with van der Waals surface area (Å²) in [6, 6.07) is 5.46. The molecule has 0 saturated carbocycles. The molecule has 0 bridgehead atoms. The first-order valence-electron chi connectivity index (χ1n) is 5.81. The largest absolute Gasteiger partial charge is 0.423 e. The molecule has 3 rings (SSSR count). The molecule has 1 atom stereocenters. The van der Waals surface area contributed by atoms with E-state index in [-0.39, 0.29) is 11.9 Å². The number of aromatic nitrogens is 1. The SMILES string of the molecule is CN1CCC(Nc2nc3c(N)cccc3o2)C1=O. The minimum absolute atomic E-state index is 0.0604. The third-order valence-electron chi connectivity index (χ3n) is 3.18. The number of nitrogens with one attached hydrogen (secondary N) is 1. The van der Waals surface area contributed by atoms with Gasteiger partial charge in [-0.2, -0.15) is 4.98 Å². The summed E-state index contributed by atoms with van der Waals surface area (Å²) in [5.41, 5.74) is 7.62. The van der Waals surface area contributed by atoms with Crippen molar-refractivity contribution in [1.82, 2.24) is 9.88 Å². The van der Waals surface area contributed by atoms with E-state index in [9.17, 15) is 4.79 Å². The Balaban J connectivity index is 1.87. The Bertz CT molecular complexity index is 607. The van der Waals surface area contributed by atoms with Crippen LogP contribution in [0, 0.1) is 0 Å². The van der Waals surface area contributed by atoms with Gasteiger partial charge in [-0.1, -0.05) is 6.07 Å². The van der Waals surface area contributed by atoms with E-state index in [1.807, 2.05) is 0 Å². The molecule has 1 aliphatic rings. The summed E-state index contributed by atoms with van der Waals surface area (Å²) in [6.45, 7) is 0.749. The van der Waals surface area contributed by atoms with Crippen molar-refractivity contribution in [2.75, 3.05) is 24.6 Å². The fraction of sp³-hybridized carbons (Fsp3) is 0.333. The summed E-state index contributed by atoms with van der Waals surface area (Å²) in [5.74, 6) is 0.0604. The molecule has 1 saturated heterocycles. The van der Waals surface area contributed by atoms with Crippen LogP contribution in [0.2, 0.25) is 0 Å². The maximum atomic E-state index is 11.8. The molecule has 1 amide bonds. The van der Waals surface area contributed by atoms with Gasteiger partial charge in [0.15, 0.2) is 5.58 Å². The highest BCUT2D eigenvalue weighted by Gasteiger charge is 2.30. The average molecular weight is 246 g/mol. The Labute approximate surface area is 104 Å². The number of para-hydroxylation sites is 1. The fourth-order valence-corrected chi connectivity index (χ4v) is 2.14. The van der Waals surface area contributed by atoms with Crippen LogP contribution in [0.15, 0.2) is 22.6 Å². The molecule has 1 fully saturated rings. The lowest BCUT2D eigenvalue weighted by molar-refractivity contribution is -0.127. The second-order valence-electron chi connectivity index (χ2n) is 4.46. The van der Waals surface area contributed by atoms with Gasteiger partial charge in [-0.25, -0.2) is 0 Å². The summed E-state index contributed by atoms with van der Waals surface area (Å²) in [5, 5.41) is 3.01. The number of nitrogens with two attached hydrogens (primary N) is 1. The summed E-state index contributed by atoms with van der Waals surface area (Å²) >= 11 is 0. The number of carbonyl (C=O) groups is 1. The predicted octanol–water partition coefficient (Wildman–Crippen LogP) is 1.05. The Morgan fingerprint density at radius 1 is 1.56 bits per heavy atom. The van der Waals surface area contributed by atoms with Crippen LogP contribution in [0.3, 0.4) is 0 Å². The van der Waals surface area contributed by atoms with Crippen LogP contribution >= 0.6 is 0 Å². The van der Waals surface area contributed by atoms with E-state index in [1.165, 1.54) is 0 Å². The highest BCUT2D eigenvalue weighted by molar-refractivity contribution is 5.88. The van der Waals surface area contributed by atoms with Crippen LogP contribution in [-0.2, 0) is 4.79 Å². The van der Waals surface area contributed by atoms with Crippen molar-refractivity contribution >= 4 is 28.7 Å². The van der Waals surface area contributed by atoms with Crippen LogP contribution in [0.4, 0.5) is 11.7 Å². The Morgan fingerprint density at radius 2 is 2.39 bits per heavy atom. The van der Waals surface area contributed by atoms with Crippen molar-refractivity contribution in [3.05, 3.63) is 18.2 Å². The summed E-state index contributed by atoms with van der Waals surface area (Å²) in [6.07, 6.45) is 0.754. The van der Waals surface area contributed by atoms with Crippen molar-refractivity contribution in [2.45, 2.75) is 12.5 Å². The highest BCUT2D eigenvalue weighted by atomic mass is 16.4. The third-order valence-corrected chi connectivity index (χ3v) is 3.18. The molecule has 18 heavy (non-hydrogen) atoms. The maximum Gasteiger partial charge on any atom is 0.296 e. The van der Waals surface area contributed by atoms with E-state index in [0.717, 1.165) is 13.0 Å². The zero-order valence-electron chi connectivity index (χ0n) is 10.0. The number of likely N-dealkylation sites (tertiary alicyclic amines) is 1. The zero-order chi connectivity index (χ0) is 12.7. The van der Waals surface area contributed by atoms with E-state index in [1.54, 1.807) is 30.1 Å². The lowest BCUT2D eigenvalue weighted by Crippen LogP contribution is -2.30. The first kappa shape index (κ1) is 10.9. The van der Waals surface area contributed by atoms with Crippen LogP contribution in [0.5, 0.6) is 0 Å². The molecule has 6 nitrogen and oxygen atoms in total. The molecule has 0 spiro atoms. The lowest BCUT2D eigenvalue weighted by Gasteiger charge is -2.09. The first-order valence-corrected chi connectivity index (χ1v) is 5.81. The van der Waals surface area contributed by atoms with Crippen LogP contribution in [-0.4, -0.2) is 35.4 Å². The molecular weight excluding hydrogens is 232 g/mol. The number of benzene rings is 1. The molecule has 1 aromatic heterocycles. The molecule has 1 aromatic carbocycles. The number of amides is 1. The van der Waals surface area contributed by atoms with Gasteiger partial charge in [0.1, 0.15) is 11.6 Å². The number of nitrogens with zero attached hydrogens (tertiary/aromatic N) is 2. The van der Waals surface area contributed by atoms with Crippen molar-refractivity contribution in [1.29, 1.82) is 0 Å². The van der Waals surface area contributed by atoms with Gasteiger partial charge >= 0.3 is 0 Å². The summed E-state index contributed by atoms with van der Waals surface area (Å²) in [7, 11) is 1.79. The zero-order valence-corrected chi connectivity index (χ0v) is 10.0. The Hall–Kier alpha value is -2.24. The number of nitrogen functional groups attached to an aromatic ring is 1. The van der Waals surface area contributed by atoms with E-state index in [2.05, 4.69) is 10.3 Å². The van der Waals surface area contributed by atoms with E-state index in [4.69, 9.17) is 10.2 Å². The normalized spacial score (nSPS) is 19.7. The van der Waals surface area contributed by atoms with E-state index >= 15 is 0 Å². The summed E-state index contributed by atoms with van der Waals surface area (Å²) < 4.78 is 5.52. The molecule has 1 aliphatic heterocycles. The molecule has 6 heteroatoms. The number of hydrogen-bond acceptors (Lipinski definition) is 5. The number of hydrogen-bond donors (Lipinski definition) is 2. The Morgan fingerprint density at radius 3 is 3.06 bits per heavy atom. The molecule has 2 aromatic rings. The van der Waals surface area contributed by atoms with E-state index < -0.39 is 0 Å². The molecule has 0 aliphatic carbocycles. The number of likely N-dealkylation sites (N-methyl/N-ethyl adjacent to an activating group) is 1. The lowest BCUT2D eigenvalue weighted by atomic mass is 10.2. The van der Waals surface area contributed by atoms with Gasteiger partial charge in [-0.15, -0.1) is 0 Å². The quantitative estimate of drug-likeness (QED) is 0.774. The monoisotopic (exact) mass is 246 g/mol. The van der Waals surface area contributed by atoms with Gasteiger partial charge in [0.2, 0.25) is 5.91 Å². The van der Waals surface area contributed by atoms with Gasteiger partial charge in [-0.3, -0.25) is 4.79 Å². The molecule has 2 heterocycles. The third kappa shape index (κ3) is 1.66. The van der Waals surface area contributed by atoms with Crippen molar-refractivity contribution < 1.29 is 9.21 Å². The standard InChI is InChI=1S/C12H14N4O2/c1-16-6-5-8(11(16)17)14-12-15-10-7(13)3-2-4-9(10)18-12/h2-4,8H,5-6,13H2,1H3,(H,14,15). The van der Waals surface area contributed by atoms with Crippen molar-refractivity contribution in [3.63, 3.8) is 0 Å². The summed E-state index contributed by atoms with van der Waals surface area (Å²) in [4.78, 5) is 17.7. The maximum absolute atomic E-state index is 11.8. The fourth-order valence-electron chi connectivity index (χ4n) is 2.14. The first-order chi connectivity index (χ1) is 8.65. The molecular formula is C12H14N4O2. The van der Waals surface area contributed by atoms with Gasteiger partial charge in [0, 0.05) is 13.6 Å². The predicted molar refractivity (Wildman–Crippen MR) is 68.1 cm³/mol. The molecule has 94 valence electrons. The number of carbonyl (C=O) groups excluding carboxylic acids is 1. The van der Waals surface area contributed by atoms with Crippen LogP contribution in [0.25, 0.3) is 11.1 Å².